The lowest BCUT2D eigenvalue weighted by Crippen LogP contribution is -2.24. The Balaban J connectivity index is 1.50. The van der Waals surface area contributed by atoms with Gasteiger partial charge in [-0.2, -0.15) is 0 Å². The van der Waals surface area contributed by atoms with Crippen molar-refractivity contribution in [3.63, 3.8) is 0 Å². The molecule has 0 aliphatic carbocycles. The quantitative estimate of drug-likeness (QED) is 0.422. The van der Waals surface area contributed by atoms with E-state index in [1.54, 1.807) is 34.6 Å². The molecule has 2 aromatic carbocycles. The molecule has 8 heteroatoms. The number of halogens is 1. The molecule has 1 aliphatic rings. The monoisotopic (exact) mass is 482 g/mol. The second-order valence-electron chi connectivity index (χ2n) is 7.94. The molecule has 2 heterocycles. The summed E-state index contributed by atoms with van der Waals surface area (Å²) >= 11 is 7.36. The molecule has 33 heavy (non-hydrogen) atoms. The summed E-state index contributed by atoms with van der Waals surface area (Å²) in [5.74, 6) is 0.0553. The number of fused-ring (bicyclic) bond motifs is 1. The van der Waals surface area contributed by atoms with Crippen molar-refractivity contribution >= 4 is 51.7 Å². The van der Waals surface area contributed by atoms with Crippen LogP contribution in [-0.4, -0.2) is 23.5 Å². The molecule has 170 valence electrons. The molecule has 0 radical (unpaired) electrons. The van der Waals surface area contributed by atoms with Gasteiger partial charge < -0.3 is 9.47 Å². The third-order valence-corrected chi connectivity index (χ3v) is 6.31. The fourth-order valence-electron chi connectivity index (χ4n) is 3.88. The van der Waals surface area contributed by atoms with Crippen LogP contribution in [0, 0.1) is 20.8 Å². The van der Waals surface area contributed by atoms with Crippen molar-refractivity contribution in [3.8, 4) is 5.75 Å². The van der Waals surface area contributed by atoms with Crippen LogP contribution in [0.2, 0.25) is 5.02 Å². The smallest absolute Gasteiger partial charge is 0.337 e. The zero-order valence-corrected chi connectivity index (χ0v) is 20.3. The highest BCUT2D eigenvalue weighted by Gasteiger charge is 2.23. The number of anilines is 2. The first-order chi connectivity index (χ1) is 15.7. The zero-order chi connectivity index (χ0) is 23.7. The number of thiazole rings is 1. The molecule has 1 aromatic heterocycles. The number of hydrogen-bond acceptors (Lipinski definition) is 6. The van der Waals surface area contributed by atoms with Gasteiger partial charge in [0.1, 0.15) is 19.0 Å². The van der Waals surface area contributed by atoms with E-state index in [1.807, 2.05) is 32.9 Å². The average Bonchev–Trinajstić information content (AvgIpc) is 3.21. The van der Waals surface area contributed by atoms with E-state index in [4.69, 9.17) is 21.1 Å². The maximum Gasteiger partial charge on any atom is 0.337 e. The van der Waals surface area contributed by atoms with Gasteiger partial charge in [-0.25, -0.2) is 9.78 Å². The summed E-state index contributed by atoms with van der Waals surface area (Å²) in [5, 5.41) is 2.89. The van der Waals surface area contributed by atoms with Crippen molar-refractivity contribution in [2.24, 2.45) is 0 Å². The van der Waals surface area contributed by atoms with Crippen LogP contribution in [0.15, 0.2) is 41.3 Å². The van der Waals surface area contributed by atoms with Gasteiger partial charge in [-0.1, -0.05) is 29.3 Å². The van der Waals surface area contributed by atoms with E-state index < -0.39 is 5.97 Å². The number of amides is 1. The highest BCUT2D eigenvalue weighted by Crippen LogP contribution is 2.35. The lowest BCUT2D eigenvalue weighted by molar-refractivity contribution is -0.140. The van der Waals surface area contributed by atoms with Crippen LogP contribution in [0.5, 0.6) is 5.75 Å². The molecule has 3 aromatic rings. The molecule has 0 unspecified atom stereocenters. The van der Waals surface area contributed by atoms with E-state index in [0.29, 0.717) is 27.2 Å². The molecular formula is C25H23ClN2O4S. The minimum Gasteiger partial charge on any atom is -0.488 e. The predicted molar refractivity (Wildman–Crippen MR) is 130 cm³/mol. The summed E-state index contributed by atoms with van der Waals surface area (Å²) in [5.41, 5.74) is 5.65. The Morgan fingerprint density at radius 2 is 1.91 bits per heavy atom. The van der Waals surface area contributed by atoms with Crippen LogP contribution in [0.4, 0.5) is 10.8 Å². The summed E-state index contributed by atoms with van der Waals surface area (Å²) in [6.07, 6.45) is 1.72. The van der Waals surface area contributed by atoms with E-state index in [1.165, 1.54) is 18.3 Å². The summed E-state index contributed by atoms with van der Waals surface area (Å²) in [7, 11) is 0. The first-order valence-electron chi connectivity index (χ1n) is 10.4. The Kier molecular flexibility index (Phi) is 6.54. The lowest BCUT2D eigenvalue weighted by Gasteiger charge is -2.23. The van der Waals surface area contributed by atoms with E-state index in [9.17, 15) is 9.59 Å². The molecule has 0 atom stereocenters. The van der Waals surface area contributed by atoms with Gasteiger partial charge in [-0.05, 0) is 56.2 Å². The third kappa shape index (κ3) is 4.94. The molecule has 1 amide bonds. The summed E-state index contributed by atoms with van der Waals surface area (Å²) < 4.78 is 11.1. The minimum atomic E-state index is -0.483. The maximum atomic E-state index is 12.6. The number of carbonyl (C=O) groups excluding carboxylic acids is 2. The normalized spacial score (nSPS) is 12.5. The SMILES string of the molecule is CC(=O)N(c1nc(COC(=O)C2=Cc3cc(Cl)ccc3OC2)cs1)c1c(C)cc(C)cc1C. The first-order valence-corrected chi connectivity index (χ1v) is 11.6. The molecule has 6 nitrogen and oxygen atoms in total. The summed E-state index contributed by atoms with van der Waals surface area (Å²) in [6.45, 7) is 7.61. The summed E-state index contributed by atoms with van der Waals surface area (Å²) in [6, 6.07) is 9.33. The Morgan fingerprint density at radius 3 is 2.61 bits per heavy atom. The number of nitrogens with zero attached hydrogens (tertiary/aromatic N) is 2. The number of carbonyl (C=O) groups is 2. The molecule has 1 aliphatic heterocycles. The lowest BCUT2D eigenvalue weighted by atomic mass is 10.0. The number of aromatic nitrogens is 1. The molecule has 0 spiro atoms. The molecular weight excluding hydrogens is 460 g/mol. The van der Waals surface area contributed by atoms with E-state index in [2.05, 4.69) is 4.98 Å². The standard InChI is InChI=1S/C25H23ClN2O4S/c1-14-7-15(2)23(16(3)8-14)28(17(4)29)25-27-21(13-33-25)12-32-24(30)19-9-18-10-20(26)5-6-22(18)31-11-19/h5-10,13H,11-12H2,1-4H3. The topological polar surface area (TPSA) is 68.7 Å². The molecule has 0 fully saturated rings. The Morgan fingerprint density at radius 1 is 1.18 bits per heavy atom. The molecule has 0 bridgehead atoms. The first kappa shape index (κ1) is 23.0. The molecule has 0 saturated carbocycles. The van der Waals surface area contributed by atoms with Gasteiger partial charge in [0.2, 0.25) is 5.91 Å². The van der Waals surface area contributed by atoms with Gasteiger partial charge >= 0.3 is 5.97 Å². The second-order valence-corrected chi connectivity index (χ2v) is 9.21. The Bertz CT molecular complexity index is 1260. The fraction of sp³-hybridized carbons (Fsp3) is 0.240. The zero-order valence-electron chi connectivity index (χ0n) is 18.8. The highest BCUT2D eigenvalue weighted by molar-refractivity contribution is 7.14. The van der Waals surface area contributed by atoms with Crippen LogP contribution in [-0.2, 0) is 20.9 Å². The fourth-order valence-corrected chi connectivity index (χ4v) is 4.91. The van der Waals surface area contributed by atoms with Gasteiger partial charge in [0.05, 0.1) is 17.0 Å². The van der Waals surface area contributed by atoms with Crippen molar-refractivity contribution in [2.45, 2.75) is 34.3 Å². The van der Waals surface area contributed by atoms with Gasteiger partial charge in [-0.15, -0.1) is 11.3 Å². The van der Waals surface area contributed by atoms with E-state index in [0.717, 1.165) is 27.9 Å². The van der Waals surface area contributed by atoms with Crippen LogP contribution >= 0.6 is 22.9 Å². The van der Waals surface area contributed by atoms with Gasteiger partial charge in [-0.3, -0.25) is 9.69 Å². The molecule has 0 saturated heterocycles. The second kappa shape index (κ2) is 9.37. The average molecular weight is 483 g/mol. The molecule has 4 rings (SSSR count). The molecule has 0 N–H and O–H groups in total. The van der Waals surface area contributed by atoms with Crippen LogP contribution in [0.3, 0.4) is 0 Å². The van der Waals surface area contributed by atoms with Gasteiger partial charge in [0.25, 0.3) is 0 Å². The minimum absolute atomic E-state index is 0.00726. The number of ether oxygens (including phenoxy) is 2. The third-order valence-electron chi connectivity index (χ3n) is 5.20. The van der Waals surface area contributed by atoms with Crippen molar-refractivity contribution in [1.82, 2.24) is 4.98 Å². The summed E-state index contributed by atoms with van der Waals surface area (Å²) in [4.78, 5) is 31.2. The number of aryl methyl sites for hydroxylation is 3. The predicted octanol–water partition coefficient (Wildman–Crippen LogP) is 5.93. The largest absolute Gasteiger partial charge is 0.488 e. The number of benzene rings is 2. The van der Waals surface area contributed by atoms with Crippen LogP contribution in [0.25, 0.3) is 6.08 Å². The van der Waals surface area contributed by atoms with Crippen molar-refractivity contribution in [3.05, 3.63) is 74.3 Å². The Hall–Kier alpha value is -3.16. The van der Waals surface area contributed by atoms with E-state index >= 15 is 0 Å². The van der Waals surface area contributed by atoms with Crippen LogP contribution in [0.1, 0.15) is 34.9 Å². The van der Waals surface area contributed by atoms with Crippen molar-refractivity contribution in [2.75, 3.05) is 11.5 Å². The van der Waals surface area contributed by atoms with E-state index in [-0.39, 0.29) is 19.1 Å². The number of esters is 1. The highest BCUT2D eigenvalue weighted by atomic mass is 35.5. The van der Waals surface area contributed by atoms with Gasteiger partial charge in [0, 0.05) is 22.9 Å². The van der Waals surface area contributed by atoms with Crippen molar-refractivity contribution < 1.29 is 19.1 Å². The number of rotatable bonds is 5. The van der Waals surface area contributed by atoms with Crippen LogP contribution < -0.4 is 9.64 Å². The van der Waals surface area contributed by atoms with Crippen molar-refractivity contribution in [1.29, 1.82) is 0 Å². The number of hydrogen-bond donors (Lipinski definition) is 0. The Labute approximate surface area is 201 Å². The maximum absolute atomic E-state index is 12.6. The van der Waals surface area contributed by atoms with Gasteiger partial charge in [0.15, 0.2) is 5.13 Å².